The summed E-state index contributed by atoms with van der Waals surface area (Å²) in [7, 11) is 0. The molecule has 2 aromatic carbocycles. The van der Waals surface area contributed by atoms with E-state index in [1.807, 2.05) is 56.3 Å². The number of aromatic nitrogens is 1. The third-order valence-corrected chi connectivity index (χ3v) is 6.56. The first-order valence-electron chi connectivity index (χ1n) is 10.2. The second-order valence-electron chi connectivity index (χ2n) is 7.92. The molecule has 7 heteroatoms. The number of hydrogen-bond donors (Lipinski definition) is 1. The molecular weight excluding hydrogens is 424 g/mol. The summed E-state index contributed by atoms with van der Waals surface area (Å²) in [6, 6.07) is 15.6. The Hall–Kier alpha value is -3.71. The van der Waals surface area contributed by atoms with E-state index in [1.165, 1.54) is 16.2 Å². The molecule has 1 aliphatic heterocycles. The van der Waals surface area contributed by atoms with Crippen LogP contribution in [0.4, 0.5) is 5.13 Å². The third-order valence-electron chi connectivity index (χ3n) is 5.56. The minimum absolute atomic E-state index is 0.0114. The number of aryl methyl sites for hydroxylation is 3. The molecule has 1 N–H and O–H groups in total. The number of fused-ring (bicyclic) bond motifs is 1. The number of ketones is 1. The van der Waals surface area contributed by atoms with Gasteiger partial charge < -0.3 is 9.52 Å². The quantitative estimate of drug-likeness (QED) is 0.414. The lowest BCUT2D eigenvalue weighted by atomic mass is 9.95. The number of anilines is 1. The van der Waals surface area contributed by atoms with Crippen molar-refractivity contribution >= 4 is 38.4 Å². The Morgan fingerprint density at radius 2 is 1.84 bits per heavy atom. The lowest BCUT2D eigenvalue weighted by Gasteiger charge is -2.24. The van der Waals surface area contributed by atoms with E-state index in [1.54, 1.807) is 19.1 Å². The van der Waals surface area contributed by atoms with E-state index in [4.69, 9.17) is 9.40 Å². The Morgan fingerprint density at radius 3 is 2.53 bits per heavy atom. The van der Waals surface area contributed by atoms with Crippen molar-refractivity contribution in [3.05, 3.63) is 94.1 Å². The zero-order chi connectivity index (χ0) is 22.6. The van der Waals surface area contributed by atoms with Crippen molar-refractivity contribution in [1.29, 1.82) is 0 Å². The summed E-state index contributed by atoms with van der Waals surface area (Å²) in [6.07, 6.45) is 0. The highest BCUT2D eigenvalue weighted by molar-refractivity contribution is 7.22. The molecule has 1 atom stereocenters. The standard InChI is InChI=1S/C25H20N2O4S/c1-13-11-14(2)20-18(12-13)32-25(26-20)27-21(16-7-5-4-6-8-16)19(23(29)24(27)30)22(28)17-10-9-15(3)31-17/h4-12,21,29H,1-3H3/t21-/m1/s1. The van der Waals surface area contributed by atoms with Crippen LogP contribution in [0.25, 0.3) is 10.2 Å². The zero-order valence-electron chi connectivity index (χ0n) is 17.7. The van der Waals surface area contributed by atoms with Gasteiger partial charge in [-0.2, -0.15) is 0 Å². The predicted octanol–water partition coefficient (Wildman–Crippen LogP) is 5.60. The molecule has 0 aliphatic carbocycles. The highest BCUT2D eigenvalue weighted by Gasteiger charge is 2.46. The minimum atomic E-state index is -0.816. The van der Waals surface area contributed by atoms with E-state index in [0.717, 1.165) is 21.3 Å². The van der Waals surface area contributed by atoms with Crippen LogP contribution in [0, 0.1) is 20.8 Å². The largest absolute Gasteiger partial charge is 0.503 e. The highest BCUT2D eigenvalue weighted by atomic mass is 32.1. The molecule has 2 aromatic heterocycles. The van der Waals surface area contributed by atoms with Gasteiger partial charge in [-0.05, 0) is 55.7 Å². The van der Waals surface area contributed by atoms with Crippen molar-refractivity contribution in [2.75, 3.05) is 4.90 Å². The SMILES string of the molecule is Cc1cc(C)c2nc(N3C(=O)C(O)=C(C(=O)c4ccc(C)o4)[C@H]3c3ccccc3)sc2c1. The number of aliphatic hydroxyl groups excluding tert-OH is 1. The Morgan fingerprint density at radius 1 is 1.09 bits per heavy atom. The molecule has 0 saturated carbocycles. The van der Waals surface area contributed by atoms with Gasteiger partial charge in [-0.25, -0.2) is 4.98 Å². The number of rotatable bonds is 4. The summed E-state index contributed by atoms with van der Waals surface area (Å²) in [4.78, 5) is 32.7. The molecule has 4 aromatic rings. The van der Waals surface area contributed by atoms with Crippen molar-refractivity contribution in [2.45, 2.75) is 26.8 Å². The van der Waals surface area contributed by atoms with Gasteiger partial charge in [0.1, 0.15) is 5.76 Å². The number of hydrogen-bond acceptors (Lipinski definition) is 6. The van der Waals surface area contributed by atoms with E-state index in [0.29, 0.717) is 16.5 Å². The minimum Gasteiger partial charge on any atom is -0.503 e. The second-order valence-corrected chi connectivity index (χ2v) is 8.92. The predicted molar refractivity (Wildman–Crippen MR) is 123 cm³/mol. The summed E-state index contributed by atoms with van der Waals surface area (Å²) in [5.74, 6) is -1.10. The first-order chi connectivity index (χ1) is 15.3. The Balaban J connectivity index is 1.69. The number of amides is 1. The maximum absolute atomic E-state index is 13.3. The van der Waals surface area contributed by atoms with Crippen molar-refractivity contribution in [1.82, 2.24) is 4.98 Å². The lowest BCUT2D eigenvalue weighted by Crippen LogP contribution is -2.30. The molecule has 0 radical (unpaired) electrons. The number of carbonyl (C=O) groups excluding carboxylic acids is 2. The highest BCUT2D eigenvalue weighted by Crippen LogP contribution is 2.44. The molecule has 1 aliphatic rings. The topological polar surface area (TPSA) is 83.6 Å². The Bertz CT molecular complexity index is 1410. The van der Waals surface area contributed by atoms with Crippen molar-refractivity contribution in [3.8, 4) is 0 Å². The molecule has 160 valence electrons. The molecular formula is C25H20N2O4S. The summed E-state index contributed by atoms with van der Waals surface area (Å²) >= 11 is 1.36. The van der Waals surface area contributed by atoms with Gasteiger partial charge in [0.25, 0.3) is 5.91 Å². The van der Waals surface area contributed by atoms with Crippen LogP contribution in [0.2, 0.25) is 0 Å². The van der Waals surface area contributed by atoms with Crippen LogP contribution in [-0.2, 0) is 4.79 Å². The van der Waals surface area contributed by atoms with E-state index in [2.05, 4.69) is 0 Å². The zero-order valence-corrected chi connectivity index (χ0v) is 18.6. The van der Waals surface area contributed by atoms with Gasteiger partial charge in [0.2, 0.25) is 5.78 Å². The summed E-state index contributed by atoms with van der Waals surface area (Å²) in [5, 5.41) is 11.3. The summed E-state index contributed by atoms with van der Waals surface area (Å²) < 4.78 is 6.45. The number of benzene rings is 2. The number of carbonyl (C=O) groups is 2. The first-order valence-corrected chi connectivity index (χ1v) is 11.0. The number of Topliss-reactive ketones (excluding diaryl/α,β-unsaturated/α-hetero) is 1. The molecule has 1 amide bonds. The van der Waals surface area contributed by atoms with Crippen LogP contribution in [-0.4, -0.2) is 21.8 Å². The van der Waals surface area contributed by atoms with Gasteiger partial charge in [0.15, 0.2) is 16.7 Å². The molecule has 32 heavy (non-hydrogen) atoms. The fraction of sp³-hybridized carbons (Fsp3) is 0.160. The van der Waals surface area contributed by atoms with Gasteiger partial charge in [-0.15, -0.1) is 0 Å². The average molecular weight is 445 g/mol. The smallest absolute Gasteiger partial charge is 0.296 e. The van der Waals surface area contributed by atoms with Crippen LogP contribution in [0.3, 0.4) is 0 Å². The normalized spacial score (nSPS) is 16.4. The first kappa shape index (κ1) is 20.2. The van der Waals surface area contributed by atoms with Crippen molar-refractivity contribution < 1.29 is 19.1 Å². The van der Waals surface area contributed by atoms with Crippen LogP contribution in [0.15, 0.2) is 70.3 Å². The molecule has 5 rings (SSSR count). The molecule has 0 saturated heterocycles. The van der Waals surface area contributed by atoms with Crippen molar-refractivity contribution in [2.24, 2.45) is 0 Å². The Kier molecular flexibility index (Phi) is 4.71. The lowest BCUT2D eigenvalue weighted by molar-refractivity contribution is -0.117. The Labute approximate surface area is 188 Å². The molecule has 0 fully saturated rings. The van der Waals surface area contributed by atoms with Gasteiger partial charge >= 0.3 is 0 Å². The van der Waals surface area contributed by atoms with Crippen LogP contribution < -0.4 is 4.90 Å². The molecule has 0 bridgehead atoms. The van der Waals surface area contributed by atoms with Crippen LogP contribution in [0.1, 0.15) is 39.0 Å². The number of nitrogens with zero attached hydrogens (tertiary/aromatic N) is 2. The van der Waals surface area contributed by atoms with Crippen molar-refractivity contribution in [3.63, 3.8) is 0 Å². The molecule has 0 spiro atoms. The third kappa shape index (κ3) is 3.13. The van der Waals surface area contributed by atoms with Crippen LogP contribution >= 0.6 is 11.3 Å². The average Bonchev–Trinajstić information content (AvgIpc) is 3.45. The number of thiazole rings is 1. The van der Waals surface area contributed by atoms with Gasteiger partial charge in [0, 0.05) is 0 Å². The molecule has 0 unspecified atom stereocenters. The fourth-order valence-corrected chi connectivity index (χ4v) is 5.30. The van der Waals surface area contributed by atoms with E-state index >= 15 is 0 Å². The number of furan rings is 1. The maximum atomic E-state index is 13.3. The molecule has 6 nitrogen and oxygen atoms in total. The van der Waals surface area contributed by atoms with Gasteiger partial charge in [-0.3, -0.25) is 14.5 Å². The number of aliphatic hydroxyl groups is 1. The maximum Gasteiger partial charge on any atom is 0.296 e. The van der Waals surface area contributed by atoms with E-state index in [9.17, 15) is 14.7 Å². The fourth-order valence-electron chi connectivity index (χ4n) is 4.14. The van der Waals surface area contributed by atoms with E-state index in [-0.39, 0.29) is 11.3 Å². The summed E-state index contributed by atoms with van der Waals surface area (Å²) in [6.45, 7) is 5.72. The van der Waals surface area contributed by atoms with E-state index < -0.39 is 23.5 Å². The second kappa shape index (κ2) is 7.46. The van der Waals surface area contributed by atoms with Crippen LogP contribution in [0.5, 0.6) is 0 Å². The van der Waals surface area contributed by atoms with Gasteiger partial charge in [0.05, 0.1) is 21.8 Å². The molecule has 3 heterocycles. The summed E-state index contributed by atoms with van der Waals surface area (Å²) in [5.41, 5.74) is 3.59. The van der Waals surface area contributed by atoms with Gasteiger partial charge in [-0.1, -0.05) is 47.7 Å². The monoisotopic (exact) mass is 444 g/mol.